The first-order valence-electron chi connectivity index (χ1n) is 8.65. The van der Waals surface area contributed by atoms with Crippen molar-refractivity contribution < 1.29 is 14.0 Å². The fraction of sp³-hybridized carbons (Fsp3) is 0.368. The molecule has 0 spiro atoms. The van der Waals surface area contributed by atoms with Crippen LogP contribution in [0.15, 0.2) is 45.5 Å². The SMILES string of the molecule is CN(Cc1ccccc1N1CCCC1)C(=O)CNC(=O)c1ccc(Br)o1. The largest absolute Gasteiger partial charge is 0.444 e. The Morgan fingerprint density at radius 3 is 2.62 bits per heavy atom. The second-order valence-corrected chi connectivity index (χ2v) is 7.14. The van der Waals surface area contributed by atoms with E-state index >= 15 is 0 Å². The topological polar surface area (TPSA) is 65.8 Å². The number of rotatable bonds is 6. The number of para-hydroxylation sites is 1. The van der Waals surface area contributed by atoms with Gasteiger partial charge in [-0.2, -0.15) is 0 Å². The molecule has 2 amide bonds. The summed E-state index contributed by atoms with van der Waals surface area (Å²) in [5, 5.41) is 2.59. The number of halogens is 1. The number of amides is 2. The van der Waals surface area contributed by atoms with Crippen molar-refractivity contribution >= 4 is 33.4 Å². The molecular formula is C19H22BrN3O3. The van der Waals surface area contributed by atoms with Crippen molar-refractivity contribution in [2.24, 2.45) is 0 Å². The van der Waals surface area contributed by atoms with Gasteiger partial charge in [0.2, 0.25) is 5.91 Å². The lowest BCUT2D eigenvalue weighted by Gasteiger charge is -2.24. The molecule has 26 heavy (non-hydrogen) atoms. The molecule has 0 aliphatic carbocycles. The summed E-state index contributed by atoms with van der Waals surface area (Å²) in [7, 11) is 1.75. The highest BCUT2D eigenvalue weighted by molar-refractivity contribution is 9.10. The van der Waals surface area contributed by atoms with E-state index in [1.54, 1.807) is 24.1 Å². The second-order valence-electron chi connectivity index (χ2n) is 6.36. The number of benzene rings is 1. The number of hydrogen-bond acceptors (Lipinski definition) is 4. The first-order chi connectivity index (χ1) is 12.5. The van der Waals surface area contributed by atoms with Crippen molar-refractivity contribution in [2.75, 3.05) is 31.6 Å². The predicted molar refractivity (Wildman–Crippen MR) is 103 cm³/mol. The molecule has 0 radical (unpaired) electrons. The first kappa shape index (κ1) is 18.5. The molecule has 1 aliphatic heterocycles. The third-order valence-corrected chi connectivity index (χ3v) is 4.90. The van der Waals surface area contributed by atoms with Crippen molar-refractivity contribution in [1.82, 2.24) is 10.2 Å². The molecule has 7 heteroatoms. The quantitative estimate of drug-likeness (QED) is 0.781. The number of likely N-dealkylation sites (N-methyl/N-ethyl adjacent to an activating group) is 1. The van der Waals surface area contributed by atoms with Crippen LogP contribution in [0.4, 0.5) is 5.69 Å². The standard InChI is InChI=1S/C19H22BrN3O3/c1-22(18(24)12-21-19(25)16-8-9-17(20)26-16)13-14-6-2-3-7-15(14)23-10-4-5-11-23/h2-3,6-9H,4-5,10-13H2,1H3,(H,21,25). The molecule has 1 fully saturated rings. The zero-order valence-corrected chi connectivity index (χ0v) is 16.3. The van der Waals surface area contributed by atoms with E-state index in [-0.39, 0.29) is 18.2 Å². The molecule has 1 aliphatic rings. The molecule has 0 unspecified atom stereocenters. The van der Waals surface area contributed by atoms with Crippen molar-refractivity contribution in [3.63, 3.8) is 0 Å². The van der Waals surface area contributed by atoms with Gasteiger partial charge < -0.3 is 19.5 Å². The van der Waals surface area contributed by atoms with Crippen LogP contribution in [0.5, 0.6) is 0 Å². The van der Waals surface area contributed by atoms with Crippen LogP contribution in [0, 0.1) is 0 Å². The van der Waals surface area contributed by atoms with Crippen molar-refractivity contribution in [2.45, 2.75) is 19.4 Å². The highest BCUT2D eigenvalue weighted by Crippen LogP contribution is 2.25. The van der Waals surface area contributed by atoms with Crippen LogP contribution in [-0.4, -0.2) is 43.4 Å². The highest BCUT2D eigenvalue weighted by Gasteiger charge is 2.18. The second kappa shape index (κ2) is 8.40. The van der Waals surface area contributed by atoms with Gasteiger partial charge in [0.05, 0.1) is 6.54 Å². The van der Waals surface area contributed by atoms with E-state index < -0.39 is 5.91 Å². The maximum Gasteiger partial charge on any atom is 0.287 e. The fourth-order valence-corrected chi connectivity index (χ4v) is 3.38. The van der Waals surface area contributed by atoms with Gasteiger partial charge in [0.15, 0.2) is 10.4 Å². The summed E-state index contributed by atoms with van der Waals surface area (Å²) in [5.41, 5.74) is 2.31. The summed E-state index contributed by atoms with van der Waals surface area (Å²) >= 11 is 3.15. The average molecular weight is 420 g/mol. The van der Waals surface area contributed by atoms with E-state index in [9.17, 15) is 9.59 Å². The Labute approximate surface area is 161 Å². The number of furan rings is 1. The summed E-state index contributed by atoms with van der Waals surface area (Å²) in [6, 6.07) is 11.4. The minimum Gasteiger partial charge on any atom is -0.444 e. The monoisotopic (exact) mass is 419 g/mol. The van der Waals surface area contributed by atoms with Crippen LogP contribution in [-0.2, 0) is 11.3 Å². The summed E-state index contributed by atoms with van der Waals surface area (Å²) in [4.78, 5) is 28.3. The van der Waals surface area contributed by atoms with Crippen LogP contribution in [0.2, 0.25) is 0 Å². The molecule has 2 heterocycles. The predicted octanol–water partition coefficient (Wildman–Crippen LogP) is 3.03. The van der Waals surface area contributed by atoms with Crippen LogP contribution in [0.25, 0.3) is 0 Å². The number of nitrogens with one attached hydrogen (secondary N) is 1. The number of carbonyl (C=O) groups is 2. The molecule has 0 saturated carbocycles. The van der Waals surface area contributed by atoms with Gasteiger partial charge in [-0.3, -0.25) is 9.59 Å². The Hall–Kier alpha value is -2.28. The third-order valence-electron chi connectivity index (χ3n) is 4.47. The molecule has 1 aromatic heterocycles. The molecule has 6 nitrogen and oxygen atoms in total. The molecule has 1 saturated heterocycles. The van der Waals surface area contributed by atoms with Crippen molar-refractivity contribution in [1.29, 1.82) is 0 Å². The van der Waals surface area contributed by atoms with E-state index in [4.69, 9.17) is 4.42 Å². The molecule has 1 N–H and O–H groups in total. The molecule has 0 atom stereocenters. The maximum absolute atomic E-state index is 12.4. The molecule has 138 valence electrons. The van der Waals surface area contributed by atoms with Gasteiger partial charge in [-0.1, -0.05) is 18.2 Å². The first-order valence-corrected chi connectivity index (χ1v) is 9.44. The van der Waals surface area contributed by atoms with E-state index in [1.165, 1.54) is 18.5 Å². The summed E-state index contributed by atoms with van der Waals surface area (Å²) in [6.45, 7) is 2.56. The highest BCUT2D eigenvalue weighted by atomic mass is 79.9. The Kier molecular flexibility index (Phi) is 5.98. The Morgan fingerprint density at radius 2 is 1.92 bits per heavy atom. The Bertz CT molecular complexity index is 784. The minimum atomic E-state index is -0.407. The van der Waals surface area contributed by atoms with Crippen molar-refractivity contribution in [3.8, 4) is 0 Å². The van der Waals surface area contributed by atoms with Gasteiger partial charge in [-0.05, 0) is 52.5 Å². The number of carbonyl (C=O) groups excluding carboxylic acids is 2. The van der Waals surface area contributed by atoms with Gasteiger partial charge in [0.1, 0.15) is 0 Å². The normalized spacial score (nSPS) is 13.7. The fourth-order valence-electron chi connectivity index (χ4n) is 3.07. The zero-order valence-electron chi connectivity index (χ0n) is 14.7. The Morgan fingerprint density at radius 1 is 1.19 bits per heavy atom. The lowest BCUT2D eigenvalue weighted by atomic mass is 10.1. The molecule has 0 bridgehead atoms. The Balaban J connectivity index is 1.57. The molecule has 1 aromatic carbocycles. The van der Waals surface area contributed by atoms with Gasteiger partial charge in [-0.15, -0.1) is 0 Å². The van der Waals surface area contributed by atoms with Crippen LogP contribution >= 0.6 is 15.9 Å². The van der Waals surface area contributed by atoms with E-state index in [0.717, 1.165) is 18.7 Å². The zero-order chi connectivity index (χ0) is 18.5. The van der Waals surface area contributed by atoms with Gasteiger partial charge in [-0.25, -0.2) is 0 Å². The van der Waals surface area contributed by atoms with E-state index in [2.05, 4.69) is 38.3 Å². The van der Waals surface area contributed by atoms with Gasteiger partial charge in [0, 0.05) is 32.4 Å². The van der Waals surface area contributed by atoms with Gasteiger partial charge in [0.25, 0.3) is 5.91 Å². The van der Waals surface area contributed by atoms with Gasteiger partial charge >= 0.3 is 0 Å². The summed E-state index contributed by atoms with van der Waals surface area (Å²) < 4.78 is 5.66. The number of anilines is 1. The molecule has 2 aromatic rings. The summed E-state index contributed by atoms with van der Waals surface area (Å²) in [6.07, 6.45) is 2.41. The van der Waals surface area contributed by atoms with Crippen molar-refractivity contribution in [3.05, 3.63) is 52.4 Å². The minimum absolute atomic E-state index is 0.0699. The van der Waals surface area contributed by atoms with E-state index in [1.807, 2.05) is 12.1 Å². The number of hydrogen-bond donors (Lipinski definition) is 1. The molecule has 3 rings (SSSR count). The third kappa shape index (κ3) is 4.46. The maximum atomic E-state index is 12.4. The lowest BCUT2D eigenvalue weighted by molar-refractivity contribution is -0.129. The smallest absolute Gasteiger partial charge is 0.287 e. The van der Waals surface area contributed by atoms with Crippen LogP contribution in [0.3, 0.4) is 0 Å². The average Bonchev–Trinajstić information content (AvgIpc) is 3.31. The number of nitrogens with zero attached hydrogens (tertiary/aromatic N) is 2. The lowest BCUT2D eigenvalue weighted by Crippen LogP contribution is -2.38. The van der Waals surface area contributed by atoms with Crippen LogP contribution in [0.1, 0.15) is 29.0 Å². The summed E-state index contributed by atoms with van der Waals surface area (Å²) in [5.74, 6) is -0.387. The molecular weight excluding hydrogens is 398 g/mol. The van der Waals surface area contributed by atoms with Crippen LogP contribution < -0.4 is 10.2 Å². The van der Waals surface area contributed by atoms with E-state index in [0.29, 0.717) is 11.2 Å².